The van der Waals surface area contributed by atoms with E-state index in [1.807, 2.05) is 0 Å². The molecule has 1 unspecified atom stereocenters. The summed E-state index contributed by atoms with van der Waals surface area (Å²) in [5.74, 6) is 0. The van der Waals surface area contributed by atoms with Crippen molar-refractivity contribution >= 4 is 23.4 Å². The fourth-order valence-corrected chi connectivity index (χ4v) is 0. The molecule has 0 saturated carbocycles. The Hall–Kier alpha value is 1.88. The van der Waals surface area contributed by atoms with E-state index >= 15 is 0 Å². The zero-order chi connectivity index (χ0) is 0. The average molecular weight is 174 g/mol. The molecule has 0 heterocycles. The van der Waals surface area contributed by atoms with Crippen LogP contribution in [0.5, 0.6) is 0 Å². The smallest absolute Gasteiger partial charge is 0 e. The fourth-order valence-electron chi connectivity index (χ4n) is 0. The quantitative estimate of drug-likeness (QED) is 0.362. The zero-order valence-electron chi connectivity index (χ0n) is 2.03. The third-order valence-corrected chi connectivity index (χ3v) is 0. The molecule has 0 aromatic heterocycles. The van der Waals surface area contributed by atoms with Gasteiger partial charge in [0.25, 0.3) is 0 Å². The minimum Gasteiger partial charge on any atom is -0.197 e. The van der Waals surface area contributed by atoms with Crippen molar-refractivity contribution in [3.63, 3.8) is 0 Å². The second kappa shape index (κ2) is 20.8. The molecule has 0 aliphatic rings. The molecule has 4 heavy (non-hydrogen) atoms. The van der Waals surface area contributed by atoms with E-state index in [0.29, 0.717) is 0 Å². The Balaban J connectivity index is 0. The minimum atomic E-state index is 0. The van der Waals surface area contributed by atoms with Gasteiger partial charge >= 0.3 is 0 Å². The van der Waals surface area contributed by atoms with Gasteiger partial charge in [0, 0.05) is 35.6 Å². The molecule has 0 fully saturated rings. The molecule has 0 aliphatic heterocycles. The molecule has 0 rings (SSSR count). The van der Waals surface area contributed by atoms with Crippen LogP contribution in [0.4, 0.5) is 0 Å². The molecule has 2 radical (unpaired) electrons. The van der Waals surface area contributed by atoms with Crippen LogP contribution in [0.2, 0.25) is 0 Å². The first kappa shape index (κ1) is 39.5. The maximum atomic E-state index is 0. The molecule has 0 nitrogen and oxygen atoms in total. The van der Waals surface area contributed by atoms with E-state index in [1.165, 1.54) is 0 Å². The summed E-state index contributed by atoms with van der Waals surface area (Å²) >= 11 is 0. The van der Waals surface area contributed by atoms with Crippen LogP contribution in [-0.4, -0.2) is 0 Å². The third-order valence-electron chi connectivity index (χ3n) is 0. The minimum absolute atomic E-state index is 0. The van der Waals surface area contributed by atoms with Crippen LogP contribution < -0.4 is 0 Å². The van der Waals surface area contributed by atoms with Gasteiger partial charge in [0.1, 0.15) is 0 Å². The Labute approximate surface area is 58.9 Å². The van der Waals surface area contributed by atoms with Crippen LogP contribution in [0, 0.1) is 0 Å². The molecule has 0 spiro atoms. The molecule has 0 N–H and O–H groups in total. The van der Waals surface area contributed by atoms with Crippen molar-refractivity contribution in [2.75, 3.05) is 0 Å². The summed E-state index contributed by atoms with van der Waals surface area (Å²) in [6.07, 6.45) is 0. The van der Waals surface area contributed by atoms with Crippen molar-refractivity contribution in [2.24, 2.45) is 0 Å². The first-order valence-corrected chi connectivity index (χ1v) is 0. The van der Waals surface area contributed by atoms with Gasteiger partial charge in [-0.15, -0.1) is 0 Å². The van der Waals surface area contributed by atoms with Crippen LogP contribution in [0.1, 0.15) is 0 Å². The van der Waals surface area contributed by atoms with Gasteiger partial charge in [-0.1, -0.05) is 0 Å². The molecular formula is H5MnPSV. The Morgan fingerprint density at radius 2 is 1.00 bits per heavy atom. The summed E-state index contributed by atoms with van der Waals surface area (Å²) < 4.78 is 0. The normalized spacial score (nSPS) is 0. The van der Waals surface area contributed by atoms with Gasteiger partial charge in [0.05, 0.1) is 0 Å². The summed E-state index contributed by atoms with van der Waals surface area (Å²) in [6.45, 7) is 0. The molecule has 0 aliphatic carbocycles. The Morgan fingerprint density at radius 3 is 1.00 bits per heavy atom. The molecular weight excluding hydrogens is 169 g/mol. The average Bonchev–Trinajstić information content (AvgIpc) is 0. The predicted octanol–water partition coefficient (Wildman–Crippen LogP) is 0.166. The van der Waals surface area contributed by atoms with Gasteiger partial charge in [-0.25, -0.2) is 0 Å². The number of hydrogen-bond donors (Lipinski definition) is 0. The summed E-state index contributed by atoms with van der Waals surface area (Å²) in [7, 11) is 0. The van der Waals surface area contributed by atoms with Gasteiger partial charge in [0.2, 0.25) is 0 Å². The van der Waals surface area contributed by atoms with Crippen LogP contribution in [0.15, 0.2) is 0 Å². The molecule has 0 aromatic carbocycles. The zero-order valence-corrected chi connectivity index (χ0v) is 7.02. The summed E-state index contributed by atoms with van der Waals surface area (Å²) in [6, 6.07) is 0. The van der Waals surface area contributed by atoms with Crippen LogP contribution in [0.25, 0.3) is 0 Å². The topological polar surface area (TPSA) is 0 Å². The van der Waals surface area contributed by atoms with Gasteiger partial charge in [-0.05, 0) is 0 Å². The van der Waals surface area contributed by atoms with E-state index in [1.54, 1.807) is 0 Å². The summed E-state index contributed by atoms with van der Waals surface area (Å²) in [5, 5.41) is 0. The van der Waals surface area contributed by atoms with Crippen molar-refractivity contribution in [2.45, 2.75) is 0 Å². The maximum Gasteiger partial charge on any atom is 0 e. The molecule has 28 valence electrons. The molecule has 0 amide bonds. The van der Waals surface area contributed by atoms with E-state index in [2.05, 4.69) is 0 Å². The van der Waals surface area contributed by atoms with Crippen LogP contribution >= 0.6 is 23.4 Å². The van der Waals surface area contributed by atoms with Crippen molar-refractivity contribution in [1.82, 2.24) is 0 Å². The maximum absolute atomic E-state index is 0. The van der Waals surface area contributed by atoms with Crippen LogP contribution in [0.3, 0.4) is 0 Å². The summed E-state index contributed by atoms with van der Waals surface area (Å²) in [4.78, 5) is 0. The van der Waals surface area contributed by atoms with E-state index in [-0.39, 0.29) is 59.0 Å². The monoisotopic (exact) mass is 174 g/mol. The van der Waals surface area contributed by atoms with Gasteiger partial charge < -0.3 is 0 Å². The van der Waals surface area contributed by atoms with Gasteiger partial charge in [-0.2, -0.15) is 23.4 Å². The van der Waals surface area contributed by atoms with Crippen molar-refractivity contribution < 1.29 is 35.6 Å². The van der Waals surface area contributed by atoms with Crippen LogP contribution in [-0.2, 0) is 35.6 Å². The Kier molecular flexibility index (Phi) is 205. The third kappa shape index (κ3) is 9.10. The first-order valence-electron chi connectivity index (χ1n) is 0. The van der Waals surface area contributed by atoms with Gasteiger partial charge in [-0.3, -0.25) is 0 Å². The molecule has 0 aromatic rings. The molecule has 0 saturated heterocycles. The Morgan fingerprint density at radius 1 is 1.00 bits per heavy atom. The SMILES string of the molecule is P.S.[Mn].[V]. The predicted molar refractivity (Wildman–Crippen MR) is 21.5 cm³/mol. The van der Waals surface area contributed by atoms with Crippen molar-refractivity contribution in [3.8, 4) is 0 Å². The summed E-state index contributed by atoms with van der Waals surface area (Å²) in [5.41, 5.74) is 0. The van der Waals surface area contributed by atoms with E-state index in [9.17, 15) is 0 Å². The fraction of sp³-hybridized carbons (Fsp3) is 0. The van der Waals surface area contributed by atoms with E-state index in [0.717, 1.165) is 0 Å². The second-order valence-corrected chi connectivity index (χ2v) is 0. The van der Waals surface area contributed by atoms with Crippen molar-refractivity contribution in [1.29, 1.82) is 0 Å². The van der Waals surface area contributed by atoms with Crippen molar-refractivity contribution in [3.05, 3.63) is 0 Å². The molecule has 4 heteroatoms. The molecule has 1 atom stereocenters. The standard InChI is InChI=1S/Mn.H3P.H2S.V/h;1H3;1H2;. The molecule has 0 bridgehead atoms. The first-order chi connectivity index (χ1) is 0. The number of rotatable bonds is 0. The van der Waals surface area contributed by atoms with E-state index in [4.69, 9.17) is 0 Å². The van der Waals surface area contributed by atoms with Gasteiger partial charge in [0.15, 0.2) is 0 Å². The van der Waals surface area contributed by atoms with E-state index < -0.39 is 0 Å². The second-order valence-electron chi connectivity index (χ2n) is 0. The Bertz CT molecular complexity index is 8.00. The largest absolute Gasteiger partial charge is 0.197 e. The number of hydrogen-bond acceptors (Lipinski definition) is 0.